The number of carbonyl (C=O) groups is 1. The minimum absolute atomic E-state index is 0.0603. The number of nitrogens with two attached hydrogens (primary N) is 2. The molecule has 0 bridgehead atoms. The Hall–Kier alpha value is -2.32. The molecule has 0 saturated heterocycles. The van der Waals surface area contributed by atoms with Crippen molar-refractivity contribution in [2.75, 3.05) is 23.0 Å². The highest BCUT2D eigenvalue weighted by molar-refractivity contribution is 6.37. The van der Waals surface area contributed by atoms with Crippen molar-refractivity contribution < 1.29 is 22.7 Å². The fourth-order valence-corrected chi connectivity index (χ4v) is 2.80. The molecule has 0 fully saturated rings. The van der Waals surface area contributed by atoms with E-state index in [4.69, 9.17) is 39.4 Å². The summed E-state index contributed by atoms with van der Waals surface area (Å²) in [5.41, 5.74) is 8.79. The Morgan fingerprint density at radius 2 is 1.85 bits per heavy atom. The molecule has 0 atom stereocenters. The van der Waals surface area contributed by atoms with E-state index >= 15 is 0 Å². The SMILES string of the molecule is CCOC(=O)N(c1ccc(Cl)cc1Cl)c1c(N)cc(N)cc1C(F)(F)F. The average molecular weight is 408 g/mol. The summed E-state index contributed by atoms with van der Waals surface area (Å²) in [5, 5.41) is 0.179. The van der Waals surface area contributed by atoms with Gasteiger partial charge in [0.05, 0.1) is 34.3 Å². The maximum atomic E-state index is 13.6. The highest BCUT2D eigenvalue weighted by Gasteiger charge is 2.39. The molecule has 2 aromatic carbocycles. The number of anilines is 4. The molecule has 2 rings (SSSR count). The summed E-state index contributed by atoms with van der Waals surface area (Å²) in [6.45, 7) is 1.44. The lowest BCUT2D eigenvalue weighted by molar-refractivity contribution is -0.137. The number of nitrogens with zero attached hydrogens (tertiary/aromatic N) is 1. The van der Waals surface area contributed by atoms with Gasteiger partial charge >= 0.3 is 12.3 Å². The first kappa shape index (κ1) is 20.0. The molecule has 10 heteroatoms. The van der Waals surface area contributed by atoms with Gasteiger partial charge in [0.2, 0.25) is 0 Å². The Bertz CT molecular complexity index is 844. The van der Waals surface area contributed by atoms with Crippen molar-refractivity contribution >= 4 is 52.0 Å². The number of benzene rings is 2. The van der Waals surface area contributed by atoms with Crippen molar-refractivity contribution in [1.82, 2.24) is 0 Å². The van der Waals surface area contributed by atoms with Crippen LogP contribution < -0.4 is 16.4 Å². The molecule has 0 saturated carbocycles. The number of alkyl halides is 3. The third-order valence-electron chi connectivity index (χ3n) is 3.29. The first-order valence-corrected chi connectivity index (χ1v) is 8.00. The van der Waals surface area contributed by atoms with Crippen LogP contribution in [-0.4, -0.2) is 12.7 Å². The third-order valence-corrected chi connectivity index (χ3v) is 3.83. The summed E-state index contributed by atoms with van der Waals surface area (Å²) in [4.78, 5) is 13.1. The smallest absolute Gasteiger partial charge is 0.419 e. The largest absolute Gasteiger partial charge is 0.449 e. The molecule has 1 amide bonds. The highest BCUT2D eigenvalue weighted by Crippen LogP contribution is 2.45. The predicted octanol–water partition coefficient (Wildman–Crippen LogP) is 5.47. The van der Waals surface area contributed by atoms with Gasteiger partial charge < -0.3 is 16.2 Å². The molecule has 4 N–H and O–H groups in total. The highest BCUT2D eigenvalue weighted by atomic mass is 35.5. The van der Waals surface area contributed by atoms with Gasteiger partial charge in [-0.1, -0.05) is 23.2 Å². The zero-order chi connectivity index (χ0) is 19.6. The van der Waals surface area contributed by atoms with Gasteiger partial charge in [0.1, 0.15) is 0 Å². The Morgan fingerprint density at radius 1 is 1.19 bits per heavy atom. The molecular formula is C16H14Cl2F3N3O2. The second-order valence-corrected chi connectivity index (χ2v) is 5.98. The van der Waals surface area contributed by atoms with E-state index in [9.17, 15) is 18.0 Å². The zero-order valence-corrected chi connectivity index (χ0v) is 14.9. The van der Waals surface area contributed by atoms with Crippen LogP contribution in [0.2, 0.25) is 10.0 Å². The summed E-state index contributed by atoms with van der Waals surface area (Å²) in [7, 11) is 0. The Labute approximate surface area is 157 Å². The molecule has 0 spiro atoms. The first-order valence-electron chi connectivity index (χ1n) is 7.24. The molecule has 140 valence electrons. The molecule has 5 nitrogen and oxygen atoms in total. The van der Waals surface area contributed by atoms with E-state index < -0.39 is 23.5 Å². The monoisotopic (exact) mass is 407 g/mol. The van der Waals surface area contributed by atoms with E-state index in [1.807, 2.05) is 0 Å². The van der Waals surface area contributed by atoms with Crippen LogP contribution in [-0.2, 0) is 10.9 Å². The van der Waals surface area contributed by atoms with Crippen molar-refractivity contribution in [2.24, 2.45) is 0 Å². The molecule has 26 heavy (non-hydrogen) atoms. The van der Waals surface area contributed by atoms with E-state index in [-0.39, 0.29) is 33.7 Å². The minimum Gasteiger partial charge on any atom is -0.449 e. The van der Waals surface area contributed by atoms with Crippen LogP contribution in [0.5, 0.6) is 0 Å². The first-order chi connectivity index (χ1) is 12.1. The fraction of sp³-hybridized carbons (Fsp3) is 0.188. The van der Waals surface area contributed by atoms with Gasteiger partial charge in [-0.15, -0.1) is 0 Å². The van der Waals surface area contributed by atoms with Gasteiger partial charge in [0, 0.05) is 10.7 Å². The fourth-order valence-electron chi connectivity index (χ4n) is 2.31. The van der Waals surface area contributed by atoms with E-state index in [1.54, 1.807) is 0 Å². The number of hydrogen-bond acceptors (Lipinski definition) is 4. The van der Waals surface area contributed by atoms with Crippen molar-refractivity contribution in [2.45, 2.75) is 13.1 Å². The van der Waals surface area contributed by atoms with Gasteiger partial charge in [-0.3, -0.25) is 0 Å². The molecule has 0 aliphatic rings. The molecule has 0 heterocycles. The van der Waals surface area contributed by atoms with Gasteiger partial charge in [-0.2, -0.15) is 13.2 Å². The van der Waals surface area contributed by atoms with Gasteiger partial charge in [0.25, 0.3) is 0 Å². The molecule has 0 radical (unpaired) electrons. The quantitative estimate of drug-likeness (QED) is 0.660. The van der Waals surface area contributed by atoms with Crippen LogP contribution in [0.15, 0.2) is 30.3 Å². The molecule has 0 unspecified atom stereocenters. The number of nitrogen functional groups attached to an aromatic ring is 2. The van der Waals surface area contributed by atoms with Crippen molar-refractivity contribution in [3.8, 4) is 0 Å². The van der Waals surface area contributed by atoms with E-state index in [0.717, 1.165) is 6.07 Å². The Kier molecular flexibility index (Phi) is 5.77. The number of amides is 1. The summed E-state index contributed by atoms with van der Waals surface area (Å²) in [6.07, 6.45) is -5.92. The zero-order valence-electron chi connectivity index (χ0n) is 13.4. The average Bonchev–Trinajstić information content (AvgIpc) is 2.50. The predicted molar refractivity (Wildman–Crippen MR) is 95.9 cm³/mol. The second-order valence-electron chi connectivity index (χ2n) is 5.13. The van der Waals surface area contributed by atoms with Gasteiger partial charge in [-0.25, -0.2) is 9.69 Å². The standard InChI is InChI=1S/C16H14Cl2F3N3O2/c1-2-26-15(25)24(13-4-3-8(17)5-11(13)18)14-10(16(19,20)21)6-9(22)7-12(14)23/h3-7H,2,22-23H2,1H3. The van der Waals surface area contributed by atoms with Crippen molar-refractivity contribution in [3.05, 3.63) is 45.9 Å². The maximum absolute atomic E-state index is 13.6. The minimum atomic E-state index is -4.83. The lowest BCUT2D eigenvalue weighted by Crippen LogP contribution is -2.30. The van der Waals surface area contributed by atoms with Gasteiger partial charge in [-0.05, 0) is 37.3 Å². The molecular weight excluding hydrogens is 394 g/mol. The van der Waals surface area contributed by atoms with Crippen LogP contribution in [0.25, 0.3) is 0 Å². The van der Waals surface area contributed by atoms with E-state index in [2.05, 4.69) is 0 Å². The lowest BCUT2D eigenvalue weighted by atomic mass is 10.1. The number of rotatable bonds is 3. The molecule has 0 aliphatic carbocycles. The summed E-state index contributed by atoms with van der Waals surface area (Å²) >= 11 is 11.9. The molecule has 0 aromatic heterocycles. The number of hydrogen-bond donors (Lipinski definition) is 2. The van der Waals surface area contributed by atoms with Crippen LogP contribution in [0.3, 0.4) is 0 Å². The normalized spacial score (nSPS) is 11.3. The Morgan fingerprint density at radius 3 is 2.38 bits per heavy atom. The van der Waals surface area contributed by atoms with Crippen LogP contribution in [0, 0.1) is 0 Å². The van der Waals surface area contributed by atoms with E-state index in [1.165, 1.54) is 25.1 Å². The molecule has 2 aromatic rings. The van der Waals surface area contributed by atoms with Crippen molar-refractivity contribution in [1.29, 1.82) is 0 Å². The molecule has 0 aliphatic heterocycles. The number of carbonyl (C=O) groups excluding carboxylic acids is 1. The summed E-state index contributed by atoms with van der Waals surface area (Å²) < 4.78 is 45.6. The van der Waals surface area contributed by atoms with E-state index in [0.29, 0.717) is 11.0 Å². The van der Waals surface area contributed by atoms with Crippen molar-refractivity contribution in [3.63, 3.8) is 0 Å². The number of ether oxygens (including phenoxy) is 1. The third kappa shape index (κ3) is 4.08. The Balaban J connectivity index is 2.81. The lowest BCUT2D eigenvalue weighted by Gasteiger charge is -2.27. The van der Waals surface area contributed by atoms with Crippen LogP contribution in [0.1, 0.15) is 12.5 Å². The summed E-state index contributed by atoms with van der Waals surface area (Å²) in [6, 6.07) is 5.74. The maximum Gasteiger partial charge on any atom is 0.419 e. The number of halogens is 5. The van der Waals surface area contributed by atoms with Crippen LogP contribution in [0.4, 0.5) is 40.7 Å². The topological polar surface area (TPSA) is 81.6 Å². The van der Waals surface area contributed by atoms with Crippen LogP contribution >= 0.6 is 23.2 Å². The summed E-state index contributed by atoms with van der Waals surface area (Å²) in [5.74, 6) is 0. The van der Waals surface area contributed by atoms with Gasteiger partial charge in [0.15, 0.2) is 0 Å². The second kappa shape index (κ2) is 7.51.